The largest absolute Gasteiger partial charge is 0.359 e. The minimum atomic E-state index is -0.432. The van der Waals surface area contributed by atoms with Crippen LogP contribution < -0.4 is 11.3 Å². The summed E-state index contributed by atoms with van der Waals surface area (Å²) in [6.07, 6.45) is 3.38. The molecule has 6 heteroatoms. The van der Waals surface area contributed by atoms with Crippen LogP contribution in [0, 0.1) is 0 Å². The van der Waals surface area contributed by atoms with E-state index < -0.39 is 5.91 Å². The Kier molecular flexibility index (Phi) is 6.52. The van der Waals surface area contributed by atoms with Crippen molar-refractivity contribution in [2.75, 3.05) is 6.54 Å². The summed E-state index contributed by atoms with van der Waals surface area (Å²) in [5.74, 6) is 5.32. The van der Waals surface area contributed by atoms with Crippen molar-refractivity contribution in [3.05, 3.63) is 17.5 Å². The Morgan fingerprint density at radius 3 is 2.89 bits per heavy atom. The summed E-state index contributed by atoms with van der Waals surface area (Å²) in [5, 5.41) is 3.71. The van der Waals surface area contributed by atoms with Crippen molar-refractivity contribution in [1.29, 1.82) is 0 Å². The predicted molar refractivity (Wildman–Crippen MR) is 73.2 cm³/mol. The van der Waals surface area contributed by atoms with Gasteiger partial charge in [0, 0.05) is 12.1 Å². The quantitative estimate of drug-likeness (QED) is 0.426. The van der Waals surface area contributed by atoms with Crippen molar-refractivity contribution in [2.24, 2.45) is 5.84 Å². The molecule has 1 heterocycles. The molecule has 1 atom stereocenters. The van der Waals surface area contributed by atoms with Gasteiger partial charge < -0.3 is 4.52 Å². The lowest BCUT2D eigenvalue weighted by Gasteiger charge is -2.27. The zero-order valence-corrected chi connectivity index (χ0v) is 12.0. The Bertz CT molecular complexity index is 392. The fraction of sp³-hybridized carbons (Fsp3) is 0.692. The highest BCUT2D eigenvalue weighted by Gasteiger charge is 2.17. The average molecular weight is 268 g/mol. The molecular weight excluding hydrogens is 244 g/mol. The standard InChI is InChI=1S/C13H24N4O2/c1-4-6-7-17(10(3)5-2)9-11-8-12(16-19-11)13(18)15-14/h8,10H,4-7,9,14H2,1-3H3,(H,15,18). The molecule has 0 saturated carbocycles. The van der Waals surface area contributed by atoms with Crippen LogP contribution in [-0.4, -0.2) is 28.6 Å². The second-order valence-electron chi connectivity index (χ2n) is 4.73. The Labute approximate surface area is 114 Å². The van der Waals surface area contributed by atoms with Crippen molar-refractivity contribution in [3.8, 4) is 0 Å². The first-order chi connectivity index (χ1) is 9.12. The SMILES string of the molecule is CCCCN(Cc1cc(C(=O)NN)no1)C(C)CC. The van der Waals surface area contributed by atoms with E-state index in [4.69, 9.17) is 10.4 Å². The zero-order chi connectivity index (χ0) is 14.3. The highest BCUT2D eigenvalue weighted by atomic mass is 16.5. The minimum absolute atomic E-state index is 0.220. The molecule has 3 N–H and O–H groups in total. The van der Waals surface area contributed by atoms with Crippen molar-refractivity contribution < 1.29 is 9.32 Å². The molecule has 0 aromatic carbocycles. The van der Waals surface area contributed by atoms with E-state index in [2.05, 4.69) is 30.8 Å². The summed E-state index contributed by atoms with van der Waals surface area (Å²) in [4.78, 5) is 13.6. The maximum atomic E-state index is 11.3. The van der Waals surface area contributed by atoms with Crippen LogP contribution >= 0.6 is 0 Å². The molecule has 1 rings (SSSR count). The van der Waals surface area contributed by atoms with Crippen LogP contribution in [0.4, 0.5) is 0 Å². The first kappa shape index (κ1) is 15.7. The zero-order valence-electron chi connectivity index (χ0n) is 12.0. The molecule has 0 saturated heterocycles. The molecule has 1 unspecified atom stereocenters. The Morgan fingerprint density at radius 1 is 1.58 bits per heavy atom. The molecule has 0 bridgehead atoms. The van der Waals surface area contributed by atoms with Crippen LogP contribution in [0.25, 0.3) is 0 Å². The van der Waals surface area contributed by atoms with E-state index in [-0.39, 0.29) is 5.69 Å². The average Bonchev–Trinajstić information content (AvgIpc) is 2.90. The van der Waals surface area contributed by atoms with Crippen molar-refractivity contribution in [1.82, 2.24) is 15.5 Å². The van der Waals surface area contributed by atoms with Gasteiger partial charge in [-0.25, -0.2) is 5.84 Å². The molecule has 1 aromatic rings. The van der Waals surface area contributed by atoms with Gasteiger partial charge >= 0.3 is 0 Å². The maximum Gasteiger partial charge on any atom is 0.287 e. The highest BCUT2D eigenvalue weighted by Crippen LogP contribution is 2.13. The number of nitrogens with one attached hydrogen (secondary N) is 1. The van der Waals surface area contributed by atoms with Crippen LogP contribution in [0.15, 0.2) is 10.6 Å². The van der Waals surface area contributed by atoms with E-state index >= 15 is 0 Å². The van der Waals surface area contributed by atoms with E-state index in [0.717, 1.165) is 25.8 Å². The fourth-order valence-electron chi connectivity index (χ4n) is 1.84. The summed E-state index contributed by atoms with van der Waals surface area (Å²) >= 11 is 0. The third kappa shape index (κ3) is 4.65. The number of aromatic nitrogens is 1. The lowest BCUT2D eigenvalue weighted by atomic mass is 10.2. The summed E-state index contributed by atoms with van der Waals surface area (Å²) < 4.78 is 5.18. The van der Waals surface area contributed by atoms with Gasteiger partial charge in [0.05, 0.1) is 6.54 Å². The third-order valence-corrected chi connectivity index (χ3v) is 3.29. The van der Waals surface area contributed by atoms with Gasteiger partial charge in [-0.15, -0.1) is 0 Å². The van der Waals surface area contributed by atoms with Gasteiger partial charge in [-0.05, 0) is 26.3 Å². The van der Waals surface area contributed by atoms with Crippen LogP contribution in [-0.2, 0) is 6.54 Å². The lowest BCUT2D eigenvalue weighted by molar-refractivity contribution is 0.0944. The van der Waals surface area contributed by atoms with Crippen LogP contribution in [0.3, 0.4) is 0 Å². The van der Waals surface area contributed by atoms with Gasteiger partial charge in [-0.2, -0.15) is 0 Å². The summed E-state index contributed by atoms with van der Waals surface area (Å²) in [6.45, 7) is 8.22. The molecule has 0 radical (unpaired) electrons. The normalized spacial score (nSPS) is 12.7. The first-order valence-corrected chi connectivity index (χ1v) is 6.82. The van der Waals surface area contributed by atoms with Gasteiger partial charge in [0.2, 0.25) is 0 Å². The molecule has 1 aromatic heterocycles. The monoisotopic (exact) mass is 268 g/mol. The minimum Gasteiger partial charge on any atom is -0.359 e. The number of nitrogen functional groups attached to an aromatic ring is 1. The summed E-state index contributed by atoms with van der Waals surface area (Å²) in [5.41, 5.74) is 2.26. The van der Waals surface area contributed by atoms with Crippen molar-refractivity contribution >= 4 is 5.91 Å². The molecule has 1 amide bonds. The summed E-state index contributed by atoms with van der Waals surface area (Å²) in [7, 11) is 0. The number of unbranched alkanes of at least 4 members (excludes halogenated alkanes) is 1. The highest BCUT2D eigenvalue weighted by molar-refractivity contribution is 5.91. The molecule has 0 spiro atoms. The number of hydrogen-bond acceptors (Lipinski definition) is 5. The molecule has 0 aliphatic heterocycles. The molecule has 19 heavy (non-hydrogen) atoms. The number of rotatable bonds is 8. The number of hydrogen-bond donors (Lipinski definition) is 2. The number of nitrogens with zero attached hydrogens (tertiary/aromatic N) is 2. The van der Waals surface area contributed by atoms with Gasteiger partial charge in [0.15, 0.2) is 11.5 Å². The Balaban J connectivity index is 2.67. The second kappa shape index (κ2) is 7.91. The number of carbonyl (C=O) groups excluding carboxylic acids is 1. The Hall–Kier alpha value is -1.40. The molecule has 108 valence electrons. The van der Waals surface area contributed by atoms with E-state index in [1.165, 1.54) is 0 Å². The first-order valence-electron chi connectivity index (χ1n) is 6.82. The van der Waals surface area contributed by atoms with E-state index in [9.17, 15) is 4.79 Å². The van der Waals surface area contributed by atoms with Gasteiger partial charge in [0.1, 0.15) is 0 Å². The van der Waals surface area contributed by atoms with E-state index in [1.807, 2.05) is 5.43 Å². The smallest absolute Gasteiger partial charge is 0.287 e. The van der Waals surface area contributed by atoms with Crippen molar-refractivity contribution in [3.63, 3.8) is 0 Å². The van der Waals surface area contributed by atoms with Crippen LogP contribution in [0.2, 0.25) is 0 Å². The van der Waals surface area contributed by atoms with Crippen LogP contribution in [0.5, 0.6) is 0 Å². The second-order valence-corrected chi connectivity index (χ2v) is 4.73. The maximum absolute atomic E-state index is 11.3. The molecule has 0 aliphatic carbocycles. The molecule has 6 nitrogen and oxygen atoms in total. The molecule has 0 aliphatic rings. The van der Waals surface area contributed by atoms with Crippen LogP contribution in [0.1, 0.15) is 56.3 Å². The van der Waals surface area contributed by atoms with Gasteiger partial charge in [-0.1, -0.05) is 25.4 Å². The van der Waals surface area contributed by atoms with E-state index in [1.54, 1.807) is 6.07 Å². The van der Waals surface area contributed by atoms with Gasteiger partial charge in [0.25, 0.3) is 5.91 Å². The predicted octanol–water partition coefficient (Wildman–Crippen LogP) is 1.68. The lowest BCUT2D eigenvalue weighted by Crippen LogP contribution is -2.33. The van der Waals surface area contributed by atoms with Gasteiger partial charge in [-0.3, -0.25) is 15.1 Å². The topological polar surface area (TPSA) is 84.4 Å². The Morgan fingerprint density at radius 2 is 2.32 bits per heavy atom. The number of nitrogens with two attached hydrogens (primary N) is 1. The number of carbonyl (C=O) groups is 1. The third-order valence-electron chi connectivity index (χ3n) is 3.29. The number of hydrazine groups is 1. The summed E-state index contributed by atoms with van der Waals surface area (Å²) in [6, 6.07) is 2.12. The molecule has 0 fully saturated rings. The van der Waals surface area contributed by atoms with Crippen molar-refractivity contribution in [2.45, 2.75) is 52.6 Å². The number of amides is 1. The van der Waals surface area contributed by atoms with E-state index in [0.29, 0.717) is 18.3 Å². The molecular formula is C13H24N4O2. The fourth-order valence-corrected chi connectivity index (χ4v) is 1.84.